The summed E-state index contributed by atoms with van der Waals surface area (Å²) in [5, 5.41) is 2.13. The van der Waals surface area contributed by atoms with E-state index in [0.717, 1.165) is 33.3 Å². The third-order valence-corrected chi connectivity index (χ3v) is 4.92. The zero-order chi connectivity index (χ0) is 17.8. The van der Waals surface area contributed by atoms with Crippen molar-refractivity contribution in [3.63, 3.8) is 0 Å². The molecule has 2 heterocycles. The lowest BCUT2D eigenvalue weighted by molar-refractivity contribution is 0.415. The molecule has 4 nitrogen and oxygen atoms in total. The summed E-state index contributed by atoms with van der Waals surface area (Å²) in [6.07, 6.45) is 1.70. The van der Waals surface area contributed by atoms with E-state index >= 15 is 0 Å². The molecule has 6 heteroatoms. The first-order chi connectivity index (χ1) is 12.8. The van der Waals surface area contributed by atoms with Gasteiger partial charge in [0.05, 0.1) is 31.3 Å². The number of rotatable bonds is 5. The van der Waals surface area contributed by atoms with Gasteiger partial charge in [0.2, 0.25) is 0 Å². The Morgan fingerprint density at radius 1 is 1.00 bits per heavy atom. The molecule has 0 bridgehead atoms. The van der Waals surface area contributed by atoms with Crippen molar-refractivity contribution in [2.45, 2.75) is 6.54 Å². The first kappa shape index (κ1) is 19.2. The normalized spacial score (nSPS) is 11.2. The molecule has 0 fully saturated rings. The van der Waals surface area contributed by atoms with Crippen LogP contribution in [0.4, 0.5) is 5.69 Å². The maximum absolute atomic E-state index is 5.56. The molecular formula is C21H19BrN2O2S. The smallest absolute Gasteiger partial charge is 0.190 e. The molecule has 0 saturated heterocycles. The van der Waals surface area contributed by atoms with Crippen molar-refractivity contribution in [1.29, 1.82) is 0 Å². The third kappa shape index (κ3) is 4.40. The van der Waals surface area contributed by atoms with E-state index in [-0.39, 0.29) is 17.0 Å². The monoisotopic (exact) mass is 442 g/mol. The lowest BCUT2D eigenvalue weighted by Gasteiger charge is -2.08. The van der Waals surface area contributed by atoms with E-state index in [2.05, 4.69) is 22.1 Å². The van der Waals surface area contributed by atoms with Crippen molar-refractivity contribution >= 4 is 34.0 Å². The average Bonchev–Trinajstić information content (AvgIpc) is 3.34. The molecule has 0 spiro atoms. The minimum Gasteiger partial charge on any atom is -0.497 e. The number of thiazole rings is 1. The molecule has 4 rings (SSSR count). The topological polar surface area (TPSA) is 39.7 Å². The van der Waals surface area contributed by atoms with Crippen molar-refractivity contribution in [1.82, 2.24) is 4.57 Å². The van der Waals surface area contributed by atoms with E-state index in [4.69, 9.17) is 14.1 Å². The van der Waals surface area contributed by atoms with Crippen LogP contribution in [0.5, 0.6) is 5.75 Å². The second-order valence-corrected chi connectivity index (χ2v) is 6.58. The standard InChI is InChI=1S/C21H18N2O2S.BrH/c1-24-18-11-9-16(10-12-18)20-15-26-21(22-17-6-3-2-4-7-17)23(20)14-19-8-5-13-25-19;/h2-13,15H,14H2,1H3;1H. The second kappa shape index (κ2) is 8.88. The number of hydrogen-bond acceptors (Lipinski definition) is 4. The molecule has 0 amide bonds. The zero-order valence-electron chi connectivity index (χ0n) is 14.7. The van der Waals surface area contributed by atoms with Crippen molar-refractivity contribution < 1.29 is 9.15 Å². The highest BCUT2D eigenvalue weighted by molar-refractivity contribution is 8.93. The van der Waals surface area contributed by atoms with Crippen LogP contribution in [0.3, 0.4) is 0 Å². The van der Waals surface area contributed by atoms with Crippen LogP contribution < -0.4 is 9.54 Å². The summed E-state index contributed by atoms with van der Waals surface area (Å²) in [4.78, 5) is 5.75. The summed E-state index contributed by atoms with van der Waals surface area (Å²) in [6.45, 7) is 0.629. The predicted molar refractivity (Wildman–Crippen MR) is 114 cm³/mol. The second-order valence-electron chi connectivity index (χ2n) is 5.74. The number of methoxy groups -OCH3 is 1. The van der Waals surface area contributed by atoms with Crippen LogP contribution in [0.2, 0.25) is 0 Å². The van der Waals surface area contributed by atoms with Gasteiger partial charge in [-0.25, -0.2) is 4.99 Å². The van der Waals surface area contributed by atoms with E-state index in [1.165, 1.54) is 0 Å². The lowest BCUT2D eigenvalue weighted by atomic mass is 10.1. The van der Waals surface area contributed by atoms with Crippen LogP contribution in [0, 0.1) is 0 Å². The first-order valence-corrected chi connectivity index (χ1v) is 9.16. The summed E-state index contributed by atoms with van der Waals surface area (Å²) in [5.74, 6) is 1.74. The fraction of sp³-hybridized carbons (Fsp3) is 0.0952. The van der Waals surface area contributed by atoms with Crippen LogP contribution >= 0.6 is 28.3 Å². The Kier molecular flexibility index (Phi) is 6.32. The van der Waals surface area contributed by atoms with E-state index in [1.807, 2.05) is 54.6 Å². The highest BCUT2D eigenvalue weighted by atomic mass is 79.9. The van der Waals surface area contributed by atoms with Crippen LogP contribution in [0.1, 0.15) is 5.76 Å². The molecule has 0 radical (unpaired) electrons. The molecule has 2 aromatic carbocycles. The van der Waals surface area contributed by atoms with Crippen LogP contribution in [-0.4, -0.2) is 11.7 Å². The maximum atomic E-state index is 5.56. The largest absolute Gasteiger partial charge is 0.497 e. The van der Waals surface area contributed by atoms with Gasteiger partial charge in [0.25, 0.3) is 0 Å². The van der Waals surface area contributed by atoms with Gasteiger partial charge in [-0.05, 0) is 54.1 Å². The molecule has 4 aromatic rings. The minimum atomic E-state index is 0. The first-order valence-electron chi connectivity index (χ1n) is 8.28. The van der Waals surface area contributed by atoms with E-state index in [9.17, 15) is 0 Å². The van der Waals surface area contributed by atoms with Crippen LogP contribution in [-0.2, 0) is 6.54 Å². The van der Waals surface area contributed by atoms with Crippen molar-refractivity contribution in [2.24, 2.45) is 4.99 Å². The average molecular weight is 443 g/mol. The SMILES string of the molecule is Br.COc1ccc(-c2csc(=Nc3ccccc3)n2Cc2ccco2)cc1. The Balaban J connectivity index is 0.00000210. The summed E-state index contributed by atoms with van der Waals surface area (Å²) in [5.41, 5.74) is 3.15. The van der Waals surface area contributed by atoms with Gasteiger partial charge in [-0.1, -0.05) is 18.2 Å². The lowest BCUT2D eigenvalue weighted by Crippen LogP contribution is -2.16. The summed E-state index contributed by atoms with van der Waals surface area (Å²) in [7, 11) is 1.67. The highest BCUT2D eigenvalue weighted by Gasteiger charge is 2.10. The Hall–Kier alpha value is -2.57. The number of nitrogens with zero attached hydrogens (tertiary/aromatic N) is 2. The molecule has 0 saturated carbocycles. The quantitative estimate of drug-likeness (QED) is 0.398. The maximum Gasteiger partial charge on any atom is 0.190 e. The molecule has 0 atom stereocenters. The number of hydrogen-bond donors (Lipinski definition) is 0. The Morgan fingerprint density at radius 2 is 1.78 bits per heavy atom. The number of benzene rings is 2. The van der Waals surface area contributed by atoms with Gasteiger partial charge >= 0.3 is 0 Å². The van der Waals surface area contributed by atoms with Gasteiger partial charge in [0.15, 0.2) is 4.80 Å². The number of para-hydroxylation sites is 1. The molecule has 0 N–H and O–H groups in total. The molecule has 0 unspecified atom stereocenters. The predicted octanol–water partition coefficient (Wildman–Crippen LogP) is 5.68. The number of halogens is 1. The Bertz CT molecular complexity index is 1040. The van der Waals surface area contributed by atoms with Gasteiger partial charge in [-0.2, -0.15) is 0 Å². The van der Waals surface area contributed by atoms with Gasteiger partial charge in [-0.3, -0.25) is 0 Å². The zero-order valence-corrected chi connectivity index (χ0v) is 17.3. The van der Waals surface area contributed by atoms with Crippen LogP contribution in [0.25, 0.3) is 11.3 Å². The molecule has 0 aliphatic heterocycles. The summed E-state index contributed by atoms with van der Waals surface area (Å²) in [6, 6.07) is 21.9. The van der Waals surface area contributed by atoms with Crippen molar-refractivity contribution in [2.75, 3.05) is 7.11 Å². The third-order valence-electron chi connectivity index (χ3n) is 4.06. The molecule has 0 aliphatic carbocycles. The fourth-order valence-corrected chi connectivity index (χ4v) is 3.66. The summed E-state index contributed by atoms with van der Waals surface area (Å²) < 4.78 is 13.0. The highest BCUT2D eigenvalue weighted by Crippen LogP contribution is 2.24. The summed E-state index contributed by atoms with van der Waals surface area (Å²) >= 11 is 1.62. The van der Waals surface area contributed by atoms with E-state index in [0.29, 0.717) is 6.54 Å². The molecule has 2 aromatic heterocycles. The fourth-order valence-electron chi connectivity index (χ4n) is 2.74. The van der Waals surface area contributed by atoms with Gasteiger partial charge in [0, 0.05) is 5.38 Å². The minimum absolute atomic E-state index is 0. The van der Waals surface area contributed by atoms with Crippen molar-refractivity contribution in [3.05, 3.63) is 88.9 Å². The van der Waals surface area contributed by atoms with E-state index < -0.39 is 0 Å². The van der Waals surface area contributed by atoms with Gasteiger partial charge in [-0.15, -0.1) is 28.3 Å². The molecular weight excluding hydrogens is 424 g/mol. The van der Waals surface area contributed by atoms with Gasteiger partial charge < -0.3 is 13.7 Å². The number of aromatic nitrogens is 1. The molecule has 138 valence electrons. The molecule has 27 heavy (non-hydrogen) atoms. The van der Waals surface area contributed by atoms with Crippen LogP contribution in [0.15, 0.2) is 87.8 Å². The number of furan rings is 1. The number of ether oxygens (including phenoxy) is 1. The Labute approximate surface area is 172 Å². The van der Waals surface area contributed by atoms with Crippen molar-refractivity contribution in [3.8, 4) is 17.0 Å². The Morgan fingerprint density at radius 3 is 2.44 bits per heavy atom. The van der Waals surface area contributed by atoms with Gasteiger partial charge in [0.1, 0.15) is 11.5 Å². The van der Waals surface area contributed by atoms with E-state index in [1.54, 1.807) is 24.7 Å². The molecule has 0 aliphatic rings.